The van der Waals surface area contributed by atoms with E-state index >= 15 is 0 Å². The summed E-state index contributed by atoms with van der Waals surface area (Å²) in [5, 5.41) is 4.59. The molecule has 192 valence electrons. The first-order valence-corrected chi connectivity index (χ1v) is 14.0. The topological polar surface area (TPSA) is 18.5 Å². The van der Waals surface area contributed by atoms with Crippen molar-refractivity contribution >= 4 is 34.1 Å². The van der Waals surface area contributed by atoms with E-state index in [4.69, 9.17) is 9.31 Å². The van der Waals surface area contributed by atoms with Gasteiger partial charge in [0.1, 0.15) is 11.5 Å². The van der Waals surface area contributed by atoms with Crippen LogP contribution in [0.5, 0.6) is 11.5 Å². The van der Waals surface area contributed by atoms with E-state index < -0.39 is 7.12 Å². The first kappa shape index (κ1) is 23.6. The lowest BCUT2D eigenvalue weighted by Crippen LogP contribution is -2.42. The minimum absolute atomic E-state index is 0.636. The Balaban J connectivity index is 1.57. The molecule has 7 aromatic carbocycles. The number of fused-ring (bicyclic) bond motifs is 7. The number of hydrogen-bond acceptors (Lipinski definition) is 2. The van der Waals surface area contributed by atoms with E-state index in [0.717, 1.165) is 71.9 Å². The van der Waals surface area contributed by atoms with Gasteiger partial charge in [0.05, 0.1) is 0 Å². The number of hydrogen-bond donors (Lipinski definition) is 0. The Morgan fingerprint density at radius 3 is 1.24 bits per heavy atom. The van der Waals surface area contributed by atoms with Crippen LogP contribution in [0.3, 0.4) is 0 Å². The summed E-state index contributed by atoms with van der Waals surface area (Å²) in [6.07, 6.45) is 0. The van der Waals surface area contributed by atoms with Crippen LogP contribution in [0.15, 0.2) is 152 Å². The van der Waals surface area contributed by atoms with E-state index in [-0.39, 0.29) is 0 Å². The minimum Gasteiger partial charge on any atom is -0.521 e. The molecule has 0 unspecified atom stereocenters. The maximum absolute atomic E-state index is 7.04. The zero-order valence-electron chi connectivity index (χ0n) is 22.3. The quantitative estimate of drug-likeness (QED) is 0.215. The highest BCUT2D eigenvalue weighted by atomic mass is 16.6. The Morgan fingerprint density at radius 1 is 0.390 bits per heavy atom. The van der Waals surface area contributed by atoms with E-state index in [0.29, 0.717) is 0 Å². The Hall–Kier alpha value is -5.28. The molecule has 41 heavy (non-hydrogen) atoms. The summed E-state index contributed by atoms with van der Waals surface area (Å²) in [5.41, 5.74) is 7.39. The molecule has 0 fully saturated rings. The van der Waals surface area contributed by atoms with Crippen LogP contribution >= 0.6 is 0 Å². The summed E-state index contributed by atoms with van der Waals surface area (Å²) in [4.78, 5) is 0. The second kappa shape index (κ2) is 9.73. The molecule has 0 radical (unpaired) electrons. The Morgan fingerprint density at radius 2 is 0.780 bits per heavy atom. The monoisotopic (exact) mass is 524 g/mol. The molecule has 2 nitrogen and oxygen atoms in total. The predicted octanol–water partition coefficient (Wildman–Crippen LogP) is 9.16. The van der Waals surface area contributed by atoms with Crippen LogP contribution < -0.4 is 14.8 Å². The molecule has 0 aromatic heterocycles. The fraction of sp³-hybridized carbons (Fsp3) is 0. The van der Waals surface area contributed by atoms with Gasteiger partial charge in [-0.25, -0.2) is 0 Å². The summed E-state index contributed by atoms with van der Waals surface area (Å²) in [7, 11) is -0.636. The summed E-state index contributed by atoms with van der Waals surface area (Å²) >= 11 is 0. The number of rotatable bonds is 3. The third kappa shape index (κ3) is 3.97. The molecule has 8 rings (SSSR count). The van der Waals surface area contributed by atoms with Crippen molar-refractivity contribution in [2.24, 2.45) is 0 Å². The van der Waals surface area contributed by atoms with Gasteiger partial charge in [-0.05, 0) is 44.8 Å². The van der Waals surface area contributed by atoms with Gasteiger partial charge in [0.25, 0.3) is 0 Å². The van der Waals surface area contributed by atoms with E-state index in [1.165, 1.54) is 0 Å². The van der Waals surface area contributed by atoms with Crippen LogP contribution in [0.1, 0.15) is 0 Å². The zero-order chi connectivity index (χ0) is 27.2. The third-order valence-corrected chi connectivity index (χ3v) is 7.94. The van der Waals surface area contributed by atoms with E-state index in [1.807, 2.05) is 18.2 Å². The second-order valence-corrected chi connectivity index (χ2v) is 10.4. The van der Waals surface area contributed by atoms with Crippen molar-refractivity contribution in [2.75, 3.05) is 0 Å². The Kier molecular flexibility index (Phi) is 5.60. The fourth-order valence-corrected chi connectivity index (χ4v) is 6.05. The lowest BCUT2D eigenvalue weighted by atomic mass is 9.78. The first-order valence-electron chi connectivity index (χ1n) is 14.0. The second-order valence-electron chi connectivity index (χ2n) is 10.4. The molecule has 0 N–H and O–H groups in total. The van der Waals surface area contributed by atoms with E-state index in [9.17, 15) is 0 Å². The molecule has 0 amide bonds. The fourth-order valence-electron chi connectivity index (χ4n) is 6.05. The van der Waals surface area contributed by atoms with Gasteiger partial charge in [0.2, 0.25) is 0 Å². The van der Waals surface area contributed by atoms with Gasteiger partial charge in [0.15, 0.2) is 0 Å². The van der Waals surface area contributed by atoms with E-state index in [1.54, 1.807) is 0 Å². The minimum atomic E-state index is -0.636. The molecule has 1 heterocycles. The van der Waals surface area contributed by atoms with Crippen molar-refractivity contribution in [3.05, 3.63) is 152 Å². The first-order chi connectivity index (χ1) is 20.3. The predicted molar refractivity (Wildman–Crippen MR) is 171 cm³/mol. The van der Waals surface area contributed by atoms with Gasteiger partial charge >= 0.3 is 7.12 Å². The molecule has 0 bridgehead atoms. The average molecular weight is 524 g/mol. The van der Waals surface area contributed by atoms with Crippen LogP contribution in [-0.4, -0.2) is 7.12 Å². The lowest BCUT2D eigenvalue weighted by Gasteiger charge is -2.19. The third-order valence-electron chi connectivity index (χ3n) is 7.94. The molecule has 3 heteroatoms. The lowest BCUT2D eigenvalue weighted by molar-refractivity contribution is 0.450. The van der Waals surface area contributed by atoms with Gasteiger partial charge in [-0.15, -0.1) is 0 Å². The normalized spacial score (nSPS) is 12.2. The van der Waals surface area contributed by atoms with Crippen molar-refractivity contribution in [1.29, 1.82) is 0 Å². The highest BCUT2D eigenvalue weighted by molar-refractivity contribution is 6.63. The van der Waals surface area contributed by atoms with E-state index in [2.05, 4.69) is 133 Å². The summed E-state index contributed by atoms with van der Waals surface area (Å²) in [6.45, 7) is 0. The van der Waals surface area contributed by atoms with Crippen LogP contribution in [0.4, 0.5) is 0 Å². The molecule has 0 spiro atoms. The van der Waals surface area contributed by atoms with Crippen molar-refractivity contribution < 1.29 is 9.31 Å². The standard InChI is InChI=1S/C38H25BO2/c1-4-14-26(15-5-1)33-24-28-18-10-12-22-31(28)35-36-32-23-13-11-19-29(32)25-34(27-16-6-2-7-17-27)38(36)41-39(40-37(33)35)30-20-8-3-9-21-30/h1-25H. The molecular weight excluding hydrogens is 499 g/mol. The van der Waals surface area contributed by atoms with Gasteiger partial charge in [-0.3, -0.25) is 0 Å². The molecule has 1 aliphatic rings. The molecule has 7 aromatic rings. The highest BCUT2D eigenvalue weighted by Crippen LogP contribution is 2.53. The van der Waals surface area contributed by atoms with Gasteiger partial charge < -0.3 is 9.31 Å². The maximum atomic E-state index is 7.04. The van der Waals surface area contributed by atoms with Gasteiger partial charge in [-0.2, -0.15) is 0 Å². The van der Waals surface area contributed by atoms with Gasteiger partial charge in [0, 0.05) is 27.7 Å². The summed E-state index contributed by atoms with van der Waals surface area (Å²) < 4.78 is 14.1. The van der Waals surface area contributed by atoms with Crippen molar-refractivity contribution in [3.8, 4) is 44.9 Å². The average Bonchev–Trinajstić information content (AvgIpc) is 3.23. The van der Waals surface area contributed by atoms with Crippen LogP contribution in [0.25, 0.3) is 54.9 Å². The van der Waals surface area contributed by atoms with Crippen molar-refractivity contribution in [3.63, 3.8) is 0 Å². The molecule has 1 aliphatic heterocycles. The SMILES string of the molecule is c1ccc(B2Oc3c(-c4ccccc4)cc4ccccc4c3-c3c(c(-c4ccccc4)cc4ccccc34)O2)cc1. The van der Waals surface area contributed by atoms with Crippen LogP contribution in [-0.2, 0) is 0 Å². The molecule has 0 atom stereocenters. The molecular formula is C38H25BO2. The molecule has 0 saturated carbocycles. The summed E-state index contributed by atoms with van der Waals surface area (Å²) in [6, 6.07) is 52.9. The Bertz CT molecular complexity index is 1910. The van der Waals surface area contributed by atoms with Gasteiger partial charge in [-0.1, -0.05) is 140 Å². The van der Waals surface area contributed by atoms with Crippen molar-refractivity contribution in [1.82, 2.24) is 0 Å². The highest BCUT2D eigenvalue weighted by Gasteiger charge is 2.36. The number of benzene rings is 7. The Labute approximate surface area is 239 Å². The smallest absolute Gasteiger partial charge is 0.521 e. The van der Waals surface area contributed by atoms with Crippen LogP contribution in [0, 0.1) is 0 Å². The van der Waals surface area contributed by atoms with Crippen LogP contribution in [0.2, 0.25) is 0 Å². The maximum Gasteiger partial charge on any atom is 0.632 e. The molecule has 0 aliphatic carbocycles. The van der Waals surface area contributed by atoms with Crippen molar-refractivity contribution in [2.45, 2.75) is 0 Å². The largest absolute Gasteiger partial charge is 0.632 e. The summed E-state index contributed by atoms with van der Waals surface area (Å²) in [5.74, 6) is 1.66. The zero-order valence-corrected chi connectivity index (χ0v) is 22.3. The molecule has 0 saturated heterocycles.